The van der Waals surface area contributed by atoms with Crippen LogP contribution in [0.25, 0.3) is 0 Å². The van der Waals surface area contributed by atoms with E-state index in [0.29, 0.717) is 29.1 Å². The number of unbranched alkanes of at least 4 members (excludes halogenated alkanes) is 2. The first kappa shape index (κ1) is 29.0. The van der Waals surface area contributed by atoms with E-state index in [1.54, 1.807) is 24.5 Å². The van der Waals surface area contributed by atoms with Crippen molar-refractivity contribution in [3.63, 3.8) is 0 Å². The van der Waals surface area contributed by atoms with Gasteiger partial charge in [0, 0.05) is 23.7 Å². The molecule has 37 heavy (non-hydrogen) atoms. The molecule has 2 aromatic rings. The number of sulfone groups is 1. The first-order valence-corrected chi connectivity index (χ1v) is 15.2. The molecule has 0 unspecified atom stereocenters. The molecule has 0 bridgehead atoms. The second kappa shape index (κ2) is 12.3. The van der Waals surface area contributed by atoms with E-state index < -0.39 is 32.9 Å². The Bertz CT molecular complexity index is 1240. The van der Waals surface area contributed by atoms with Crippen LogP contribution in [0.3, 0.4) is 0 Å². The van der Waals surface area contributed by atoms with Gasteiger partial charge in [-0.1, -0.05) is 39.5 Å². The Kier molecular flexibility index (Phi) is 9.63. The van der Waals surface area contributed by atoms with E-state index in [4.69, 9.17) is 9.84 Å². The molecule has 0 spiro atoms. The topological polar surface area (TPSA) is 83.9 Å². The van der Waals surface area contributed by atoms with Gasteiger partial charge in [-0.2, -0.15) is 4.39 Å². The highest BCUT2D eigenvalue weighted by molar-refractivity contribution is 7.98. The molecule has 0 fully saturated rings. The normalized spacial score (nSPS) is 16.7. The standard InChI is InChI=1S/C27H33F2NO5S2/c1-4-6-12-27(13-7-5-2)17-30(20-10-8-19(28)9-11-20)22-14-24(36-3)23(35-16-21(29)26(31)32)15-25(22)37(33,34)18-27/h8-11,14-16H,4-7,12-13,17-18H2,1-3H3,(H,31,32)/b21-16-. The maximum absolute atomic E-state index is 13.9. The molecule has 0 aliphatic carbocycles. The van der Waals surface area contributed by atoms with E-state index in [0.717, 1.165) is 38.5 Å². The number of carbonyl (C=O) groups is 1. The summed E-state index contributed by atoms with van der Waals surface area (Å²) in [5, 5.41) is 8.82. The first-order valence-electron chi connectivity index (χ1n) is 12.3. The molecule has 0 saturated heterocycles. The molecule has 0 saturated carbocycles. The van der Waals surface area contributed by atoms with Crippen molar-refractivity contribution in [3.8, 4) is 5.75 Å². The number of carboxylic acids is 1. The maximum Gasteiger partial charge on any atom is 0.368 e. The Balaban J connectivity index is 2.25. The van der Waals surface area contributed by atoms with Crippen molar-refractivity contribution < 1.29 is 31.8 Å². The van der Waals surface area contributed by atoms with Gasteiger partial charge in [0.25, 0.3) is 0 Å². The molecule has 0 aromatic heterocycles. The second-order valence-corrected chi connectivity index (χ2v) is 12.2. The maximum atomic E-state index is 13.9. The molecular formula is C27H33F2NO5S2. The van der Waals surface area contributed by atoms with E-state index in [1.165, 1.54) is 30.0 Å². The van der Waals surface area contributed by atoms with Gasteiger partial charge >= 0.3 is 5.97 Å². The monoisotopic (exact) mass is 553 g/mol. The summed E-state index contributed by atoms with van der Waals surface area (Å²) in [6, 6.07) is 8.97. The van der Waals surface area contributed by atoms with Crippen molar-refractivity contribution in [2.24, 2.45) is 5.41 Å². The minimum atomic E-state index is -3.83. The van der Waals surface area contributed by atoms with E-state index in [-0.39, 0.29) is 16.4 Å². The van der Waals surface area contributed by atoms with E-state index >= 15 is 0 Å². The van der Waals surface area contributed by atoms with Gasteiger partial charge in [-0.15, -0.1) is 11.8 Å². The summed E-state index contributed by atoms with van der Waals surface area (Å²) < 4.78 is 60.6. The predicted octanol–water partition coefficient (Wildman–Crippen LogP) is 7.11. The molecule has 1 aliphatic rings. The van der Waals surface area contributed by atoms with Gasteiger partial charge in [-0.05, 0) is 49.4 Å². The summed E-state index contributed by atoms with van der Waals surface area (Å²) in [5.41, 5.74) is 0.559. The van der Waals surface area contributed by atoms with E-state index in [1.807, 2.05) is 4.90 Å². The third kappa shape index (κ3) is 6.84. The van der Waals surface area contributed by atoms with Crippen LogP contribution in [0.15, 0.2) is 58.3 Å². The van der Waals surface area contributed by atoms with E-state index in [9.17, 15) is 22.0 Å². The Morgan fingerprint density at radius 1 is 1.16 bits per heavy atom. The number of benzene rings is 2. The Hall–Kier alpha value is -2.59. The van der Waals surface area contributed by atoms with Gasteiger partial charge in [-0.25, -0.2) is 17.6 Å². The van der Waals surface area contributed by atoms with Crippen molar-refractivity contribution in [2.45, 2.75) is 62.2 Å². The van der Waals surface area contributed by atoms with Crippen LogP contribution in [0.1, 0.15) is 52.4 Å². The number of fused-ring (bicyclic) bond motifs is 1. The van der Waals surface area contributed by atoms with Crippen LogP contribution >= 0.6 is 11.8 Å². The number of aliphatic carboxylic acids is 1. The largest absolute Gasteiger partial charge is 0.476 e. The number of hydrogen-bond donors (Lipinski definition) is 1. The van der Waals surface area contributed by atoms with Crippen molar-refractivity contribution in [2.75, 3.05) is 23.5 Å². The molecule has 202 valence electrons. The zero-order valence-corrected chi connectivity index (χ0v) is 22.9. The molecule has 1 N–H and O–H groups in total. The quantitative estimate of drug-likeness (QED) is 0.180. The number of carboxylic acid groups (broad SMARTS) is 1. The van der Waals surface area contributed by atoms with Crippen LogP contribution in [-0.2, 0) is 14.6 Å². The number of anilines is 2. The van der Waals surface area contributed by atoms with Gasteiger partial charge in [0.05, 0.1) is 21.2 Å². The zero-order valence-electron chi connectivity index (χ0n) is 21.3. The van der Waals surface area contributed by atoms with Gasteiger partial charge in [0.15, 0.2) is 9.84 Å². The predicted molar refractivity (Wildman–Crippen MR) is 143 cm³/mol. The third-order valence-corrected chi connectivity index (χ3v) is 9.36. The average Bonchev–Trinajstić information content (AvgIpc) is 2.96. The molecule has 0 atom stereocenters. The lowest BCUT2D eigenvalue weighted by molar-refractivity contribution is -0.134. The number of halogens is 2. The Morgan fingerprint density at radius 2 is 1.78 bits per heavy atom. The van der Waals surface area contributed by atoms with Crippen LogP contribution in [0.5, 0.6) is 5.75 Å². The summed E-state index contributed by atoms with van der Waals surface area (Å²) in [4.78, 5) is 13.3. The van der Waals surface area contributed by atoms with Gasteiger partial charge in [0.1, 0.15) is 17.8 Å². The van der Waals surface area contributed by atoms with Gasteiger partial charge < -0.3 is 14.7 Å². The lowest BCUT2D eigenvalue weighted by Gasteiger charge is -2.37. The number of ether oxygens (including phenoxy) is 1. The molecule has 6 nitrogen and oxygen atoms in total. The SMILES string of the molecule is CCCCC1(CCCC)CN(c2ccc(F)cc2)c2cc(SC)c(O/C=C(\F)C(=O)O)cc2S(=O)(=O)C1. The highest BCUT2D eigenvalue weighted by atomic mass is 32.2. The fourth-order valence-corrected chi connectivity index (χ4v) is 7.39. The summed E-state index contributed by atoms with van der Waals surface area (Å²) in [6.45, 7) is 4.58. The summed E-state index contributed by atoms with van der Waals surface area (Å²) in [5.74, 6) is -3.71. The van der Waals surface area contributed by atoms with Gasteiger partial charge in [-0.3, -0.25) is 0 Å². The van der Waals surface area contributed by atoms with E-state index in [2.05, 4.69) is 13.8 Å². The van der Waals surface area contributed by atoms with Crippen LogP contribution in [0.4, 0.5) is 20.2 Å². The fraction of sp³-hybridized carbons (Fsp3) is 0.444. The Labute approximate surface area is 221 Å². The number of hydrogen-bond acceptors (Lipinski definition) is 6. The average molecular weight is 554 g/mol. The van der Waals surface area contributed by atoms with Gasteiger partial charge in [0.2, 0.25) is 5.83 Å². The van der Waals surface area contributed by atoms with Crippen LogP contribution in [0.2, 0.25) is 0 Å². The van der Waals surface area contributed by atoms with Crippen molar-refractivity contribution in [1.29, 1.82) is 0 Å². The Morgan fingerprint density at radius 3 is 2.32 bits per heavy atom. The summed E-state index contributed by atoms with van der Waals surface area (Å²) >= 11 is 1.26. The molecular weight excluding hydrogens is 520 g/mol. The summed E-state index contributed by atoms with van der Waals surface area (Å²) in [7, 11) is -3.83. The second-order valence-electron chi connectivity index (χ2n) is 9.39. The van der Waals surface area contributed by atoms with Crippen molar-refractivity contribution >= 4 is 38.9 Å². The number of thioether (sulfide) groups is 1. The number of nitrogens with zero attached hydrogens (tertiary/aromatic N) is 1. The molecule has 1 aliphatic heterocycles. The fourth-order valence-electron chi connectivity index (χ4n) is 4.74. The van der Waals surface area contributed by atoms with Crippen LogP contribution < -0.4 is 9.64 Å². The van der Waals surface area contributed by atoms with Crippen molar-refractivity contribution in [1.82, 2.24) is 0 Å². The lowest BCUT2D eigenvalue weighted by Crippen LogP contribution is -2.38. The summed E-state index contributed by atoms with van der Waals surface area (Å²) in [6.07, 6.45) is 7.25. The molecule has 10 heteroatoms. The first-order chi connectivity index (χ1) is 17.6. The molecule has 1 heterocycles. The van der Waals surface area contributed by atoms with Crippen LogP contribution in [0, 0.1) is 11.2 Å². The molecule has 3 rings (SSSR count). The highest BCUT2D eigenvalue weighted by Crippen LogP contribution is 2.47. The molecule has 0 amide bonds. The number of rotatable bonds is 11. The minimum Gasteiger partial charge on any atom is -0.476 e. The molecule has 0 radical (unpaired) electrons. The minimum absolute atomic E-state index is 0.0173. The highest BCUT2D eigenvalue weighted by Gasteiger charge is 2.42. The zero-order chi connectivity index (χ0) is 27.2. The smallest absolute Gasteiger partial charge is 0.368 e. The molecule has 2 aromatic carbocycles. The van der Waals surface area contributed by atoms with Crippen LogP contribution in [-0.4, -0.2) is 38.0 Å². The lowest BCUT2D eigenvalue weighted by atomic mass is 9.79. The third-order valence-electron chi connectivity index (χ3n) is 6.61. The van der Waals surface area contributed by atoms with Crippen molar-refractivity contribution in [3.05, 3.63) is 54.3 Å².